The minimum Gasteiger partial charge on any atom is -0.437 e. The van der Waals surface area contributed by atoms with E-state index in [1.165, 1.54) is 7.11 Å². The lowest BCUT2D eigenvalue weighted by Gasteiger charge is -1.92. The topological polar surface area (TPSA) is 35.5 Å². The van der Waals surface area contributed by atoms with Crippen LogP contribution in [0, 0.1) is 0 Å². The molecule has 0 bridgehead atoms. The molecule has 0 N–H and O–H groups in total. The van der Waals surface area contributed by atoms with Crippen LogP contribution in [0.15, 0.2) is 10.8 Å². The zero-order valence-electron chi connectivity index (χ0n) is 4.56. The molecular formula is C4H4Cl2O3. The summed E-state index contributed by atoms with van der Waals surface area (Å²) in [4.78, 5) is 10.1. The Morgan fingerprint density at radius 3 is 2.44 bits per heavy atom. The Bertz CT molecular complexity index is 128. The van der Waals surface area contributed by atoms with Gasteiger partial charge < -0.3 is 9.47 Å². The van der Waals surface area contributed by atoms with Crippen LogP contribution in [0.1, 0.15) is 0 Å². The molecule has 0 rings (SSSR count). The molecule has 0 heterocycles. The predicted molar refractivity (Wildman–Crippen MR) is 33.3 cm³/mol. The maximum Gasteiger partial charge on any atom is 0.513 e. The third kappa shape index (κ3) is 5.46. The summed E-state index contributed by atoms with van der Waals surface area (Å²) in [7, 11) is 1.18. The highest BCUT2D eigenvalue weighted by Crippen LogP contribution is 2.05. The Morgan fingerprint density at radius 2 is 2.11 bits per heavy atom. The zero-order valence-corrected chi connectivity index (χ0v) is 6.07. The molecule has 5 heteroatoms. The van der Waals surface area contributed by atoms with Gasteiger partial charge in [0.15, 0.2) is 0 Å². The Balaban J connectivity index is 3.50. The summed E-state index contributed by atoms with van der Waals surface area (Å²) in [5, 5.41) is 0. The quantitative estimate of drug-likeness (QED) is 0.447. The summed E-state index contributed by atoms with van der Waals surface area (Å²) in [5.74, 6) is 0. The first-order valence-electron chi connectivity index (χ1n) is 1.92. The summed E-state index contributed by atoms with van der Waals surface area (Å²) < 4.78 is 8.10. The number of hydrogen-bond donors (Lipinski definition) is 0. The average molecular weight is 171 g/mol. The van der Waals surface area contributed by atoms with E-state index < -0.39 is 6.16 Å². The van der Waals surface area contributed by atoms with Crippen molar-refractivity contribution in [2.45, 2.75) is 0 Å². The van der Waals surface area contributed by atoms with E-state index in [1.54, 1.807) is 0 Å². The van der Waals surface area contributed by atoms with Gasteiger partial charge >= 0.3 is 6.16 Å². The fourth-order valence-corrected chi connectivity index (χ4v) is 0.230. The molecule has 0 aliphatic rings. The Labute approximate surface area is 62.1 Å². The smallest absolute Gasteiger partial charge is 0.437 e. The van der Waals surface area contributed by atoms with Crippen LogP contribution in [0.3, 0.4) is 0 Å². The largest absolute Gasteiger partial charge is 0.513 e. The number of hydrogen-bond acceptors (Lipinski definition) is 3. The molecule has 0 saturated carbocycles. The van der Waals surface area contributed by atoms with Crippen LogP contribution in [0.25, 0.3) is 0 Å². The molecule has 0 aliphatic heterocycles. The van der Waals surface area contributed by atoms with E-state index in [0.29, 0.717) is 0 Å². The highest BCUT2D eigenvalue weighted by molar-refractivity contribution is 6.55. The normalized spacial score (nSPS) is 7.89. The molecule has 0 aromatic carbocycles. The molecule has 0 aliphatic carbocycles. The first-order valence-corrected chi connectivity index (χ1v) is 2.68. The van der Waals surface area contributed by atoms with Gasteiger partial charge in [-0.1, -0.05) is 23.2 Å². The third-order valence-corrected chi connectivity index (χ3v) is 0.589. The molecule has 0 aromatic rings. The van der Waals surface area contributed by atoms with Crippen LogP contribution in [0.4, 0.5) is 4.79 Å². The van der Waals surface area contributed by atoms with Crippen molar-refractivity contribution >= 4 is 29.4 Å². The molecule has 0 fully saturated rings. The average Bonchev–Trinajstić information content (AvgIpc) is 1.83. The SMILES string of the molecule is COC(=O)OC=C(Cl)Cl. The predicted octanol–water partition coefficient (Wildman–Crippen LogP) is 2.05. The van der Waals surface area contributed by atoms with E-state index in [0.717, 1.165) is 6.26 Å². The Kier molecular flexibility index (Phi) is 4.26. The minimum absolute atomic E-state index is 0.139. The van der Waals surface area contributed by atoms with Gasteiger partial charge in [-0.2, -0.15) is 0 Å². The van der Waals surface area contributed by atoms with E-state index in [-0.39, 0.29) is 4.49 Å². The van der Waals surface area contributed by atoms with Gasteiger partial charge in [0, 0.05) is 0 Å². The van der Waals surface area contributed by atoms with Crippen LogP contribution < -0.4 is 0 Å². The number of carbonyl (C=O) groups is 1. The standard InChI is InChI=1S/C4H4Cl2O3/c1-8-4(7)9-2-3(5)6/h2H,1H3. The van der Waals surface area contributed by atoms with Crippen molar-refractivity contribution in [3.8, 4) is 0 Å². The summed E-state index contributed by atoms with van der Waals surface area (Å²) >= 11 is 10.1. The van der Waals surface area contributed by atoms with Crippen molar-refractivity contribution in [3.05, 3.63) is 10.8 Å². The number of halogens is 2. The molecule has 0 amide bonds. The fourth-order valence-electron chi connectivity index (χ4n) is 0.141. The first kappa shape index (κ1) is 8.59. The number of rotatable bonds is 1. The molecule has 0 spiro atoms. The van der Waals surface area contributed by atoms with Crippen molar-refractivity contribution in [2.75, 3.05) is 7.11 Å². The lowest BCUT2D eigenvalue weighted by molar-refractivity contribution is 0.106. The molecule has 0 aromatic heterocycles. The second-order valence-electron chi connectivity index (χ2n) is 0.979. The Morgan fingerprint density at radius 1 is 1.56 bits per heavy atom. The van der Waals surface area contributed by atoms with Gasteiger partial charge in [0.2, 0.25) is 0 Å². The fraction of sp³-hybridized carbons (Fsp3) is 0.250. The first-order chi connectivity index (χ1) is 4.16. The van der Waals surface area contributed by atoms with E-state index >= 15 is 0 Å². The monoisotopic (exact) mass is 170 g/mol. The lowest BCUT2D eigenvalue weighted by atomic mass is 11.1. The summed E-state index contributed by atoms with van der Waals surface area (Å²) in [6.45, 7) is 0. The maximum atomic E-state index is 10.1. The van der Waals surface area contributed by atoms with Gasteiger partial charge in [-0.05, 0) is 0 Å². The number of carbonyl (C=O) groups excluding carboxylic acids is 1. The van der Waals surface area contributed by atoms with E-state index in [2.05, 4.69) is 9.47 Å². The number of methoxy groups -OCH3 is 1. The molecule has 0 radical (unpaired) electrons. The van der Waals surface area contributed by atoms with Crippen LogP contribution in [0.2, 0.25) is 0 Å². The maximum absolute atomic E-state index is 10.1. The van der Waals surface area contributed by atoms with Gasteiger partial charge in [0.05, 0.1) is 7.11 Å². The molecule has 52 valence electrons. The van der Waals surface area contributed by atoms with Crippen LogP contribution >= 0.6 is 23.2 Å². The minimum atomic E-state index is -0.853. The summed E-state index contributed by atoms with van der Waals surface area (Å²) in [6, 6.07) is 0. The van der Waals surface area contributed by atoms with Crippen molar-refractivity contribution < 1.29 is 14.3 Å². The lowest BCUT2D eigenvalue weighted by Crippen LogP contribution is -1.97. The van der Waals surface area contributed by atoms with Crippen LogP contribution in [-0.2, 0) is 9.47 Å². The van der Waals surface area contributed by atoms with E-state index in [4.69, 9.17) is 23.2 Å². The molecule has 9 heavy (non-hydrogen) atoms. The van der Waals surface area contributed by atoms with Gasteiger partial charge in [-0.25, -0.2) is 4.79 Å². The number of ether oxygens (including phenoxy) is 2. The van der Waals surface area contributed by atoms with E-state index in [1.807, 2.05) is 0 Å². The summed E-state index contributed by atoms with van der Waals surface area (Å²) in [5.41, 5.74) is 0. The molecule has 0 atom stereocenters. The highest BCUT2D eigenvalue weighted by atomic mass is 35.5. The second-order valence-corrected chi connectivity index (χ2v) is 1.99. The van der Waals surface area contributed by atoms with Gasteiger partial charge in [0.25, 0.3) is 0 Å². The van der Waals surface area contributed by atoms with Gasteiger partial charge in [-0.15, -0.1) is 0 Å². The third-order valence-electron chi connectivity index (χ3n) is 0.411. The molecular weight excluding hydrogens is 167 g/mol. The van der Waals surface area contributed by atoms with Gasteiger partial charge in [0.1, 0.15) is 10.8 Å². The van der Waals surface area contributed by atoms with Crippen molar-refractivity contribution in [1.29, 1.82) is 0 Å². The van der Waals surface area contributed by atoms with Crippen molar-refractivity contribution in [3.63, 3.8) is 0 Å². The van der Waals surface area contributed by atoms with Crippen LogP contribution in [-0.4, -0.2) is 13.3 Å². The molecule has 0 saturated heterocycles. The van der Waals surface area contributed by atoms with E-state index in [9.17, 15) is 4.79 Å². The van der Waals surface area contributed by atoms with Crippen LogP contribution in [0.5, 0.6) is 0 Å². The summed E-state index contributed by atoms with van der Waals surface area (Å²) in [6.07, 6.45) is 0.0170. The molecule has 0 unspecified atom stereocenters. The van der Waals surface area contributed by atoms with Crippen molar-refractivity contribution in [2.24, 2.45) is 0 Å². The van der Waals surface area contributed by atoms with Gasteiger partial charge in [-0.3, -0.25) is 0 Å². The second kappa shape index (κ2) is 4.47. The zero-order chi connectivity index (χ0) is 7.28. The highest BCUT2D eigenvalue weighted by Gasteiger charge is 1.95. The van der Waals surface area contributed by atoms with Crippen molar-refractivity contribution in [1.82, 2.24) is 0 Å². The Hall–Kier alpha value is -0.410. The molecule has 3 nitrogen and oxygen atoms in total.